The Bertz CT molecular complexity index is 1240. The molecule has 1 aliphatic rings. The molecule has 0 N–H and O–H groups in total. The fraction of sp³-hybridized carbons (Fsp3) is 0.296. The van der Waals surface area contributed by atoms with Crippen molar-refractivity contribution in [1.82, 2.24) is 4.90 Å². The van der Waals surface area contributed by atoms with Crippen molar-refractivity contribution in [2.75, 3.05) is 24.5 Å². The van der Waals surface area contributed by atoms with Crippen LogP contribution in [-0.4, -0.2) is 45.5 Å². The SMILES string of the molecule is CCN(c1ccccc1)S(=O)(=O)c1cccc(C(=O)N2CCCC2Cc2cccc(OC)c2)c1. The first-order valence-electron chi connectivity index (χ1n) is 11.6. The molecule has 4 rings (SSSR count). The zero-order valence-electron chi connectivity index (χ0n) is 19.6. The molecule has 0 bridgehead atoms. The first-order chi connectivity index (χ1) is 16.4. The number of amides is 1. The molecule has 1 amide bonds. The summed E-state index contributed by atoms with van der Waals surface area (Å²) >= 11 is 0. The summed E-state index contributed by atoms with van der Waals surface area (Å²) in [5.74, 6) is 0.662. The Balaban J connectivity index is 1.57. The van der Waals surface area contributed by atoms with Gasteiger partial charge in [-0.05, 0) is 74.2 Å². The van der Waals surface area contributed by atoms with Crippen LogP contribution >= 0.6 is 0 Å². The third-order valence-corrected chi connectivity index (χ3v) is 8.14. The number of benzene rings is 3. The van der Waals surface area contributed by atoms with Crippen molar-refractivity contribution in [2.24, 2.45) is 0 Å². The maximum atomic E-state index is 13.5. The van der Waals surface area contributed by atoms with Crippen LogP contribution in [0.1, 0.15) is 35.7 Å². The Labute approximate surface area is 201 Å². The Hall–Kier alpha value is -3.32. The monoisotopic (exact) mass is 478 g/mol. The molecule has 0 aliphatic carbocycles. The van der Waals surface area contributed by atoms with Crippen LogP contribution in [0.15, 0.2) is 83.8 Å². The molecule has 178 valence electrons. The highest BCUT2D eigenvalue weighted by Gasteiger charge is 2.31. The lowest BCUT2D eigenvalue weighted by Crippen LogP contribution is -2.37. The molecule has 6 nitrogen and oxygen atoms in total. The average molecular weight is 479 g/mol. The molecule has 0 radical (unpaired) electrons. The lowest BCUT2D eigenvalue weighted by molar-refractivity contribution is 0.0736. The van der Waals surface area contributed by atoms with Gasteiger partial charge in [-0.1, -0.05) is 36.4 Å². The van der Waals surface area contributed by atoms with Gasteiger partial charge < -0.3 is 9.64 Å². The normalized spacial score (nSPS) is 15.8. The predicted octanol–water partition coefficient (Wildman–Crippen LogP) is 4.76. The van der Waals surface area contributed by atoms with Crippen LogP contribution in [0, 0.1) is 0 Å². The first kappa shape index (κ1) is 23.8. The van der Waals surface area contributed by atoms with Gasteiger partial charge in [0, 0.05) is 24.7 Å². The molecular weight excluding hydrogens is 448 g/mol. The van der Waals surface area contributed by atoms with Crippen molar-refractivity contribution >= 4 is 21.6 Å². The van der Waals surface area contributed by atoms with Crippen molar-refractivity contribution in [3.8, 4) is 5.75 Å². The van der Waals surface area contributed by atoms with E-state index in [1.54, 1.807) is 44.4 Å². The number of nitrogens with zero attached hydrogens (tertiary/aromatic N) is 2. The average Bonchev–Trinajstić information content (AvgIpc) is 3.32. The minimum absolute atomic E-state index is 0.0660. The van der Waals surface area contributed by atoms with Crippen LogP contribution in [0.25, 0.3) is 0 Å². The van der Waals surface area contributed by atoms with Gasteiger partial charge in [0.2, 0.25) is 0 Å². The van der Waals surface area contributed by atoms with E-state index in [1.807, 2.05) is 47.4 Å². The van der Waals surface area contributed by atoms with Gasteiger partial charge in [-0.25, -0.2) is 8.42 Å². The second-order valence-electron chi connectivity index (χ2n) is 8.38. The number of rotatable bonds is 8. The van der Waals surface area contributed by atoms with E-state index in [1.165, 1.54) is 10.4 Å². The van der Waals surface area contributed by atoms with Gasteiger partial charge in [0.15, 0.2) is 0 Å². The summed E-state index contributed by atoms with van der Waals surface area (Å²) in [7, 11) is -2.16. The molecule has 1 unspecified atom stereocenters. The van der Waals surface area contributed by atoms with Gasteiger partial charge in [-0.15, -0.1) is 0 Å². The first-order valence-corrected chi connectivity index (χ1v) is 13.0. The van der Waals surface area contributed by atoms with E-state index < -0.39 is 10.0 Å². The van der Waals surface area contributed by atoms with Crippen molar-refractivity contribution < 1.29 is 17.9 Å². The number of ether oxygens (including phenoxy) is 1. The minimum Gasteiger partial charge on any atom is -0.497 e. The maximum absolute atomic E-state index is 13.5. The molecule has 0 spiro atoms. The summed E-state index contributed by atoms with van der Waals surface area (Å²) in [5, 5.41) is 0. The van der Waals surface area contributed by atoms with E-state index in [-0.39, 0.29) is 16.8 Å². The third kappa shape index (κ3) is 4.94. The predicted molar refractivity (Wildman–Crippen MR) is 134 cm³/mol. The Kier molecular flexibility index (Phi) is 7.22. The Morgan fingerprint density at radius 2 is 1.79 bits per heavy atom. The minimum atomic E-state index is -3.80. The van der Waals surface area contributed by atoms with E-state index in [0.29, 0.717) is 24.3 Å². The fourth-order valence-corrected chi connectivity index (χ4v) is 6.08. The maximum Gasteiger partial charge on any atom is 0.264 e. The van der Waals surface area contributed by atoms with Crippen LogP contribution in [0.2, 0.25) is 0 Å². The number of likely N-dealkylation sites (tertiary alicyclic amines) is 1. The van der Waals surface area contributed by atoms with Crippen LogP contribution in [0.3, 0.4) is 0 Å². The number of carbonyl (C=O) groups excluding carboxylic acids is 1. The highest BCUT2D eigenvalue weighted by atomic mass is 32.2. The summed E-state index contributed by atoms with van der Waals surface area (Å²) in [5.41, 5.74) is 2.10. The van der Waals surface area contributed by atoms with Gasteiger partial charge in [-0.2, -0.15) is 0 Å². The van der Waals surface area contributed by atoms with Crippen molar-refractivity contribution in [3.63, 3.8) is 0 Å². The van der Waals surface area contributed by atoms with E-state index in [9.17, 15) is 13.2 Å². The molecule has 34 heavy (non-hydrogen) atoms. The molecule has 0 aromatic heterocycles. The van der Waals surface area contributed by atoms with Gasteiger partial charge in [-0.3, -0.25) is 9.10 Å². The van der Waals surface area contributed by atoms with Gasteiger partial charge in [0.1, 0.15) is 5.75 Å². The molecule has 1 saturated heterocycles. The molecule has 1 fully saturated rings. The van der Waals surface area contributed by atoms with Crippen LogP contribution in [0.5, 0.6) is 5.75 Å². The molecule has 0 saturated carbocycles. The highest BCUT2D eigenvalue weighted by Crippen LogP contribution is 2.27. The van der Waals surface area contributed by atoms with Gasteiger partial charge in [0.05, 0.1) is 17.7 Å². The summed E-state index contributed by atoms with van der Waals surface area (Å²) in [4.78, 5) is 15.4. The third-order valence-electron chi connectivity index (χ3n) is 6.24. The number of anilines is 1. The smallest absolute Gasteiger partial charge is 0.264 e. The fourth-order valence-electron chi connectivity index (χ4n) is 4.56. The summed E-state index contributed by atoms with van der Waals surface area (Å²) in [6.45, 7) is 2.75. The van der Waals surface area contributed by atoms with E-state index in [2.05, 4.69) is 0 Å². The zero-order valence-corrected chi connectivity index (χ0v) is 20.4. The second-order valence-corrected chi connectivity index (χ2v) is 10.2. The highest BCUT2D eigenvalue weighted by molar-refractivity contribution is 7.92. The molecule has 3 aromatic carbocycles. The number of sulfonamides is 1. The standard InChI is InChI=1S/C27H30N2O4S/c1-3-29(23-12-5-4-6-13-23)34(31,32)26-16-8-11-22(20-26)27(30)28-17-9-14-24(28)18-21-10-7-15-25(19-21)33-2/h4-8,10-13,15-16,19-20,24H,3,9,14,17-18H2,1-2H3. The van der Waals surface area contributed by atoms with Crippen LogP contribution in [-0.2, 0) is 16.4 Å². The van der Waals surface area contributed by atoms with Gasteiger partial charge >= 0.3 is 0 Å². The van der Waals surface area contributed by atoms with E-state index in [4.69, 9.17) is 4.74 Å². The van der Waals surface area contributed by atoms with E-state index >= 15 is 0 Å². The summed E-state index contributed by atoms with van der Waals surface area (Å²) in [6.07, 6.45) is 2.58. The molecule has 1 atom stereocenters. The lowest BCUT2D eigenvalue weighted by atomic mass is 10.0. The van der Waals surface area contributed by atoms with Gasteiger partial charge in [0.25, 0.3) is 15.9 Å². The Morgan fingerprint density at radius 3 is 2.53 bits per heavy atom. The quantitative estimate of drug-likeness (QED) is 0.468. The number of hydrogen-bond acceptors (Lipinski definition) is 4. The number of hydrogen-bond donors (Lipinski definition) is 0. The second kappa shape index (κ2) is 10.3. The lowest BCUT2D eigenvalue weighted by Gasteiger charge is -2.26. The topological polar surface area (TPSA) is 66.9 Å². The van der Waals surface area contributed by atoms with E-state index in [0.717, 1.165) is 30.6 Å². The largest absolute Gasteiger partial charge is 0.497 e. The summed E-state index contributed by atoms with van der Waals surface area (Å²) in [6, 6.07) is 23.4. The zero-order chi connectivity index (χ0) is 24.1. The van der Waals surface area contributed by atoms with Crippen molar-refractivity contribution in [3.05, 3.63) is 90.0 Å². The molecule has 1 aliphatic heterocycles. The number of para-hydroxylation sites is 1. The number of methoxy groups -OCH3 is 1. The number of carbonyl (C=O) groups is 1. The molecule has 1 heterocycles. The van der Waals surface area contributed by atoms with Crippen molar-refractivity contribution in [1.29, 1.82) is 0 Å². The molecular formula is C27H30N2O4S. The molecule has 3 aromatic rings. The molecule has 7 heteroatoms. The Morgan fingerprint density at radius 1 is 1.03 bits per heavy atom. The summed E-state index contributed by atoms with van der Waals surface area (Å²) < 4.78 is 33.5. The van der Waals surface area contributed by atoms with Crippen molar-refractivity contribution in [2.45, 2.75) is 37.1 Å². The van der Waals surface area contributed by atoms with Crippen LogP contribution in [0.4, 0.5) is 5.69 Å². The van der Waals surface area contributed by atoms with Crippen LogP contribution < -0.4 is 9.04 Å².